The fourth-order valence-electron chi connectivity index (χ4n) is 3.18. The van der Waals surface area contributed by atoms with Crippen molar-refractivity contribution in [2.75, 3.05) is 36.1 Å². The van der Waals surface area contributed by atoms with Gasteiger partial charge in [0.05, 0.1) is 11.4 Å². The number of likely N-dealkylation sites (N-methyl/N-ethyl adjacent to an activating group) is 1. The van der Waals surface area contributed by atoms with E-state index in [4.69, 9.17) is 11.5 Å². The van der Waals surface area contributed by atoms with E-state index in [1.807, 2.05) is 24.3 Å². The summed E-state index contributed by atoms with van der Waals surface area (Å²) in [7, 11) is 1.76. The van der Waals surface area contributed by atoms with Crippen LogP contribution >= 0.6 is 11.3 Å². The smallest absolute Gasteiger partial charge is 0.275 e. The summed E-state index contributed by atoms with van der Waals surface area (Å²) >= 11 is 1.23. The SMILES string of the molecule is CNC1(C(N)=O)CCN(c2ccccc2NC(=O)c2csc(N)n2)CC1. The quantitative estimate of drug-likeness (QED) is 0.619. The Morgan fingerprint density at radius 1 is 1.27 bits per heavy atom. The lowest BCUT2D eigenvalue weighted by molar-refractivity contribution is -0.125. The van der Waals surface area contributed by atoms with Crippen molar-refractivity contribution in [2.45, 2.75) is 18.4 Å². The van der Waals surface area contributed by atoms with Crippen molar-refractivity contribution >= 4 is 39.7 Å². The first-order valence-electron chi connectivity index (χ1n) is 8.30. The number of primary amides is 1. The fourth-order valence-corrected chi connectivity index (χ4v) is 3.73. The van der Waals surface area contributed by atoms with Crippen LogP contribution in [0.5, 0.6) is 0 Å². The number of aromatic nitrogens is 1. The van der Waals surface area contributed by atoms with E-state index in [0.717, 1.165) is 5.69 Å². The van der Waals surface area contributed by atoms with Gasteiger partial charge in [0.25, 0.3) is 5.91 Å². The van der Waals surface area contributed by atoms with Crippen LogP contribution in [0.4, 0.5) is 16.5 Å². The summed E-state index contributed by atoms with van der Waals surface area (Å²) in [6, 6.07) is 7.57. The second-order valence-electron chi connectivity index (χ2n) is 6.23. The number of hydrogen-bond donors (Lipinski definition) is 4. The fraction of sp³-hybridized carbons (Fsp3) is 0.353. The number of carbonyl (C=O) groups excluding carboxylic acids is 2. The van der Waals surface area contributed by atoms with E-state index in [2.05, 4.69) is 20.5 Å². The molecule has 1 aromatic heterocycles. The summed E-state index contributed by atoms with van der Waals surface area (Å²) in [6.45, 7) is 1.31. The maximum atomic E-state index is 12.4. The van der Waals surface area contributed by atoms with Crippen molar-refractivity contribution in [3.05, 3.63) is 35.3 Å². The average molecular weight is 374 g/mol. The highest BCUT2D eigenvalue weighted by atomic mass is 32.1. The Balaban J connectivity index is 1.76. The van der Waals surface area contributed by atoms with Crippen LogP contribution in [-0.4, -0.2) is 42.5 Å². The van der Waals surface area contributed by atoms with Crippen LogP contribution in [0.3, 0.4) is 0 Å². The van der Waals surface area contributed by atoms with Crippen molar-refractivity contribution in [3.8, 4) is 0 Å². The zero-order chi connectivity index (χ0) is 18.7. The van der Waals surface area contributed by atoms with Crippen LogP contribution in [0.2, 0.25) is 0 Å². The lowest BCUT2D eigenvalue weighted by Crippen LogP contribution is -2.59. The molecule has 8 nitrogen and oxygen atoms in total. The number of thiazole rings is 1. The molecule has 0 aliphatic carbocycles. The van der Waals surface area contributed by atoms with Crippen LogP contribution in [0, 0.1) is 0 Å². The van der Waals surface area contributed by atoms with Gasteiger partial charge in [-0.1, -0.05) is 12.1 Å². The van der Waals surface area contributed by atoms with Gasteiger partial charge in [-0.2, -0.15) is 0 Å². The summed E-state index contributed by atoms with van der Waals surface area (Å²) < 4.78 is 0. The number of piperidine rings is 1. The topological polar surface area (TPSA) is 126 Å². The standard InChI is InChI=1S/C17H22N6O2S/c1-20-17(15(18)25)6-8-23(9-7-17)13-5-3-2-4-11(13)21-14(24)12-10-26-16(19)22-12/h2-5,10,20H,6-9H2,1H3,(H2,18,25)(H2,19,22)(H,21,24). The lowest BCUT2D eigenvalue weighted by Gasteiger charge is -2.41. The second kappa shape index (κ2) is 7.30. The number of para-hydroxylation sites is 2. The molecule has 1 aliphatic heterocycles. The highest BCUT2D eigenvalue weighted by molar-refractivity contribution is 7.13. The van der Waals surface area contributed by atoms with Gasteiger partial charge in [0.15, 0.2) is 5.13 Å². The van der Waals surface area contributed by atoms with Crippen LogP contribution in [0.1, 0.15) is 23.3 Å². The van der Waals surface area contributed by atoms with E-state index in [9.17, 15) is 9.59 Å². The molecule has 3 rings (SSSR count). The third-order valence-electron chi connectivity index (χ3n) is 4.81. The summed E-state index contributed by atoms with van der Waals surface area (Å²) in [5.74, 6) is -0.633. The number of nitrogens with one attached hydrogen (secondary N) is 2. The van der Waals surface area contributed by atoms with E-state index in [-0.39, 0.29) is 11.8 Å². The third-order valence-corrected chi connectivity index (χ3v) is 5.49. The number of amides is 2. The zero-order valence-electron chi connectivity index (χ0n) is 14.5. The Morgan fingerprint density at radius 2 is 1.96 bits per heavy atom. The molecule has 2 heterocycles. The van der Waals surface area contributed by atoms with Gasteiger partial charge < -0.3 is 27.0 Å². The number of nitrogen functional groups attached to an aromatic ring is 1. The van der Waals surface area contributed by atoms with Gasteiger partial charge in [-0.15, -0.1) is 11.3 Å². The highest BCUT2D eigenvalue weighted by Crippen LogP contribution is 2.31. The van der Waals surface area contributed by atoms with Crippen molar-refractivity contribution in [1.82, 2.24) is 10.3 Å². The van der Waals surface area contributed by atoms with Crippen LogP contribution in [0.25, 0.3) is 0 Å². The maximum absolute atomic E-state index is 12.4. The van der Waals surface area contributed by atoms with Crippen LogP contribution in [0.15, 0.2) is 29.6 Å². The van der Waals surface area contributed by atoms with Gasteiger partial charge in [-0.3, -0.25) is 9.59 Å². The van der Waals surface area contributed by atoms with E-state index < -0.39 is 5.54 Å². The van der Waals surface area contributed by atoms with E-state index >= 15 is 0 Å². The molecule has 0 radical (unpaired) electrons. The van der Waals surface area contributed by atoms with Crippen LogP contribution in [-0.2, 0) is 4.79 Å². The molecule has 1 aromatic carbocycles. The number of nitrogens with zero attached hydrogens (tertiary/aromatic N) is 2. The first-order chi connectivity index (χ1) is 12.4. The number of anilines is 3. The molecule has 26 heavy (non-hydrogen) atoms. The number of carbonyl (C=O) groups is 2. The number of hydrogen-bond acceptors (Lipinski definition) is 7. The normalized spacial score (nSPS) is 16.3. The molecule has 0 bridgehead atoms. The van der Waals surface area contributed by atoms with E-state index in [1.54, 1.807) is 12.4 Å². The Kier molecular flexibility index (Phi) is 5.10. The minimum absolute atomic E-state index is 0.295. The Morgan fingerprint density at radius 3 is 2.54 bits per heavy atom. The summed E-state index contributed by atoms with van der Waals surface area (Å²) in [5, 5.41) is 7.95. The van der Waals surface area contributed by atoms with Gasteiger partial charge in [-0.25, -0.2) is 4.98 Å². The molecule has 1 saturated heterocycles. The molecule has 1 aliphatic rings. The molecule has 0 atom stereocenters. The molecule has 138 valence electrons. The van der Waals surface area contributed by atoms with Gasteiger partial charge in [0.2, 0.25) is 5.91 Å². The second-order valence-corrected chi connectivity index (χ2v) is 7.12. The molecule has 0 unspecified atom stereocenters. The predicted octanol–water partition coefficient (Wildman–Crippen LogP) is 1.02. The van der Waals surface area contributed by atoms with Crippen molar-refractivity contribution in [1.29, 1.82) is 0 Å². The Hall–Kier alpha value is -2.65. The van der Waals surface area contributed by atoms with Crippen LogP contribution < -0.4 is 27.0 Å². The number of benzene rings is 1. The molecular weight excluding hydrogens is 352 g/mol. The molecule has 0 saturated carbocycles. The largest absolute Gasteiger partial charge is 0.375 e. The first kappa shape index (κ1) is 18.2. The predicted molar refractivity (Wildman–Crippen MR) is 103 cm³/mol. The monoisotopic (exact) mass is 374 g/mol. The summed E-state index contributed by atoms with van der Waals surface area (Å²) in [4.78, 5) is 30.3. The minimum atomic E-state index is -0.674. The third kappa shape index (κ3) is 3.49. The lowest BCUT2D eigenvalue weighted by atomic mass is 9.86. The minimum Gasteiger partial charge on any atom is -0.375 e. The first-order valence-corrected chi connectivity index (χ1v) is 9.18. The Labute approximate surface area is 155 Å². The van der Waals surface area contributed by atoms with E-state index in [1.165, 1.54) is 11.3 Å². The molecule has 2 aromatic rings. The number of nitrogens with two attached hydrogens (primary N) is 2. The Bertz CT molecular complexity index is 813. The molecule has 0 spiro atoms. The average Bonchev–Trinajstić information content (AvgIpc) is 3.09. The number of rotatable bonds is 5. The maximum Gasteiger partial charge on any atom is 0.275 e. The molecule has 1 fully saturated rings. The van der Waals surface area contributed by atoms with Gasteiger partial charge in [-0.05, 0) is 32.0 Å². The van der Waals surface area contributed by atoms with Gasteiger partial charge >= 0.3 is 0 Å². The van der Waals surface area contributed by atoms with Crippen molar-refractivity contribution < 1.29 is 9.59 Å². The summed E-state index contributed by atoms with van der Waals surface area (Å²) in [6.07, 6.45) is 1.20. The van der Waals surface area contributed by atoms with Gasteiger partial charge in [0.1, 0.15) is 11.2 Å². The molecule has 9 heteroatoms. The van der Waals surface area contributed by atoms with Crippen molar-refractivity contribution in [3.63, 3.8) is 0 Å². The van der Waals surface area contributed by atoms with Crippen molar-refractivity contribution in [2.24, 2.45) is 5.73 Å². The molecular formula is C17H22N6O2S. The zero-order valence-corrected chi connectivity index (χ0v) is 15.3. The van der Waals surface area contributed by atoms with Gasteiger partial charge in [0, 0.05) is 18.5 Å². The van der Waals surface area contributed by atoms with E-state index in [0.29, 0.717) is 42.4 Å². The molecule has 6 N–H and O–H groups in total. The summed E-state index contributed by atoms with van der Waals surface area (Å²) in [5.41, 5.74) is 12.4. The highest BCUT2D eigenvalue weighted by Gasteiger charge is 2.38. The molecule has 2 amide bonds.